The smallest absolute Gasteiger partial charge is 0.222 e. The van der Waals surface area contributed by atoms with Gasteiger partial charge in [0.25, 0.3) is 0 Å². The summed E-state index contributed by atoms with van der Waals surface area (Å²) < 4.78 is 0. The van der Waals surface area contributed by atoms with E-state index in [1.165, 1.54) is 128 Å². The van der Waals surface area contributed by atoms with Crippen LogP contribution in [-0.2, 0) is 4.79 Å². The van der Waals surface area contributed by atoms with Crippen LogP contribution in [0, 0.1) is 0 Å². The maximum Gasteiger partial charge on any atom is 0.222 e. The molecule has 0 saturated carbocycles. The van der Waals surface area contributed by atoms with Gasteiger partial charge in [0.15, 0.2) is 0 Å². The summed E-state index contributed by atoms with van der Waals surface area (Å²) in [7, 11) is 0. The van der Waals surface area contributed by atoms with E-state index in [9.17, 15) is 20.1 Å². The highest BCUT2D eigenvalue weighted by molar-refractivity contribution is 5.76. The third kappa shape index (κ3) is 37.6. The van der Waals surface area contributed by atoms with Crippen molar-refractivity contribution in [2.75, 3.05) is 6.61 Å². The summed E-state index contributed by atoms with van der Waals surface area (Å²) in [6.45, 7) is 4.16. The van der Waals surface area contributed by atoms with Gasteiger partial charge in [0.05, 0.1) is 31.3 Å². The lowest BCUT2D eigenvalue weighted by atomic mass is 10.0. The molecule has 3 unspecified atom stereocenters. The summed E-state index contributed by atoms with van der Waals surface area (Å²) in [6.07, 6.45) is 53.5. The highest BCUT2D eigenvalue weighted by Gasteiger charge is 2.20. The lowest BCUT2D eigenvalue weighted by Gasteiger charge is -2.21. The Hall–Kier alpha value is -1.95. The first-order valence-corrected chi connectivity index (χ1v) is 21.6. The number of rotatable bonds is 38. The first kappa shape index (κ1) is 49.0. The van der Waals surface area contributed by atoms with Gasteiger partial charge in [-0.1, -0.05) is 184 Å². The number of carbonyl (C=O) groups is 1. The van der Waals surface area contributed by atoms with Gasteiger partial charge < -0.3 is 20.6 Å². The molecule has 0 radical (unpaired) electrons. The fourth-order valence-electron chi connectivity index (χ4n) is 6.18. The molecule has 4 N–H and O–H groups in total. The Labute approximate surface area is 316 Å². The van der Waals surface area contributed by atoms with Gasteiger partial charge in [0, 0.05) is 0 Å². The molecule has 0 aliphatic heterocycles. The Morgan fingerprint density at radius 2 is 0.902 bits per heavy atom. The number of hydrogen-bond acceptors (Lipinski definition) is 4. The summed E-state index contributed by atoms with van der Waals surface area (Å²) in [5, 5.41) is 33.2. The minimum absolute atomic E-state index is 0.00470. The van der Waals surface area contributed by atoms with E-state index in [4.69, 9.17) is 0 Å². The molecule has 5 heteroatoms. The number of aliphatic hydroxyl groups excluding tert-OH is 3. The van der Waals surface area contributed by atoms with Crippen LogP contribution in [-0.4, -0.2) is 46.1 Å². The van der Waals surface area contributed by atoms with Crippen molar-refractivity contribution in [2.45, 2.75) is 218 Å². The monoisotopic (exact) mass is 714 g/mol. The van der Waals surface area contributed by atoms with Crippen LogP contribution >= 0.6 is 0 Å². The average molecular weight is 714 g/mol. The summed E-state index contributed by atoms with van der Waals surface area (Å²) in [4.78, 5) is 12.4. The standard InChI is InChI=1S/C46H83NO4/c1-3-5-7-9-11-13-15-17-19-21-22-24-26-28-30-32-34-36-38-40-45(50)44(42-48)47-46(51)41-43(49)39-37-35-33-31-29-27-25-23-20-18-16-14-12-10-8-6-4-2/h12,14,16,18,22,24,30,32,38,40,43-45,48-50H,3-11,13,15,17,19-21,23,25-29,31,33-37,39,41-42H2,1-2H3,(H,47,51)/b14-12-,18-16-,24-22+,32-30+,40-38+. The van der Waals surface area contributed by atoms with Crippen molar-refractivity contribution >= 4 is 5.91 Å². The van der Waals surface area contributed by atoms with Gasteiger partial charge in [0.2, 0.25) is 5.91 Å². The molecule has 51 heavy (non-hydrogen) atoms. The predicted octanol–water partition coefficient (Wildman–Crippen LogP) is 12.3. The lowest BCUT2D eigenvalue weighted by molar-refractivity contribution is -0.124. The van der Waals surface area contributed by atoms with E-state index in [1.807, 2.05) is 6.08 Å². The van der Waals surface area contributed by atoms with Crippen molar-refractivity contribution in [3.8, 4) is 0 Å². The molecule has 1 amide bonds. The Kier molecular flexibility index (Phi) is 39.3. The molecule has 3 atom stereocenters. The molecule has 0 heterocycles. The number of nitrogens with one attached hydrogen (secondary N) is 1. The first-order valence-electron chi connectivity index (χ1n) is 21.6. The van der Waals surface area contributed by atoms with Crippen LogP contribution < -0.4 is 5.32 Å². The number of unbranched alkanes of at least 4 members (excludes halogenated alkanes) is 22. The van der Waals surface area contributed by atoms with Crippen LogP contribution in [0.15, 0.2) is 60.8 Å². The van der Waals surface area contributed by atoms with Gasteiger partial charge in [0.1, 0.15) is 0 Å². The topological polar surface area (TPSA) is 89.8 Å². The minimum atomic E-state index is -0.963. The second-order valence-corrected chi connectivity index (χ2v) is 14.6. The molecule has 0 rings (SSSR count). The van der Waals surface area contributed by atoms with Gasteiger partial charge >= 0.3 is 0 Å². The first-order chi connectivity index (χ1) is 25.0. The molecule has 0 aromatic heterocycles. The van der Waals surface area contributed by atoms with E-state index in [0.29, 0.717) is 6.42 Å². The van der Waals surface area contributed by atoms with E-state index in [-0.39, 0.29) is 18.9 Å². The van der Waals surface area contributed by atoms with Crippen molar-refractivity contribution in [2.24, 2.45) is 0 Å². The van der Waals surface area contributed by atoms with E-state index >= 15 is 0 Å². The second kappa shape index (κ2) is 40.8. The third-order valence-corrected chi connectivity index (χ3v) is 9.53. The third-order valence-electron chi connectivity index (χ3n) is 9.53. The van der Waals surface area contributed by atoms with Crippen LogP contribution in [0.5, 0.6) is 0 Å². The average Bonchev–Trinajstić information content (AvgIpc) is 3.12. The summed E-state index contributed by atoms with van der Waals surface area (Å²) in [5.41, 5.74) is 0. The number of aliphatic hydroxyl groups is 3. The number of allylic oxidation sites excluding steroid dienone is 9. The maximum absolute atomic E-state index is 12.4. The molecule has 0 aromatic carbocycles. The van der Waals surface area contributed by atoms with Gasteiger partial charge in [-0.15, -0.1) is 0 Å². The maximum atomic E-state index is 12.4. The summed E-state index contributed by atoms with van der Waals surface area (Å²) in [6, 6.07) is -0.771. The van der Waals surface area contributed by atoms with Crippen molar-refractivity contribution in [3.05, 3.63) is 60.8 Å². The fraction of sp³-hybridized carbons (Fsp3) is 0.761. The van der Waals surface area contributed by atoms with E-state index in [1.54, 1.807) is 6.08 Å². The second-order valence-electron chi connectivity index (χ2n) is 14.6. The van der Waals surface area contributed by atoms with Crippen LogP contribution in [0.25, 0.3) is 0 Å². The van der Waals surface area contributed by atoms with E-state index in [2.05, 4.69) is 67.8 Å². The highest BCUT2D eigenvalue weighted by Crippen LogP contribution is 2.14. The molecule has 0 aliphatic carbocycles. The number of hydrogen-bond donors (Lipinski definition) is 4. The molecule has 0 aliphatic rings. The molecule has 5 nitrogen and oxygen atoms in total. The Morgan fingerprint density at radius 3 is 1.41 bits per heavy atom. The highest BCUT2D eigenvalue weighted by atomic mass is 16.3. The Morgan fingerprint density at radius 1 is 0.510 bits per heavy atom. The molecule has 0 spiro atoms. The van der Waals surface area contributed by atoms with Crippen molar-refractivity contribution in [1.29, 1.82) is 0 Å². The summed E-state index contributed by atoms with van der Waals surface area (Å²) in [5.74, 6) is -0.336. The zero-order chi connectivity index (χ0) is 37.3. The fourth-order valence-corrected chi connectivity index (χ4v) is 6.18. The lowest BCUT2D eigenvalue weighted by Crippen LogP contribution is -2.45. The SMILES string of the molecule is CCCCC/C=C\C=C/CCCCCCCCCCC(O)CC(=O)NC(CO)C(O)/C=C/CC/C=C/CC/C=C/CCCCCCCCCCC. The molecular formula is C46H83NO4. The largest absolute Gasteiger partial charge is 0.394 e. The van der Waals surface area contributed by atoms with Gasteiger partial charge in [-0.25, -0.2) is 0 Å². The van der Waals surface area contributed by atoms with Crippen molar-refractivity contribution in [1.82, 2.24) is 5.32 Å². The molecular weight excluding hydrogens is 631 g/mol. The van der Waals surface area contributed by atoms with Crippen molar-refractivity contribution in [3.63, 3.8) is 0 Å². The van der Waals surface area contributed by atoms with Crippen LogP contribution in [0.2, 0.25) is 0 Å². The van der Waals surface area contributed by atoms with Crippen LogP contribution in [0.4, 0.5) is 0 Å². The Bertz CT molecular complexity index is 876. The molecule has 0 saturated heterocycles. The van der Waals surface area contributed by atoms with Crippen LogP contribution in [0.1, 0.15) is 200 Å². The molecule has 0 fully saturated rings. The minimum Gasteiger partial charge on any atom is -0.394 e. The molecule has 296 valence electrons. The summed E-state index contributed by atoms with van der Waals surface area (Å²) >= 11 is 0. The van der Waals surface area contributed by atoms with Crippen LogP contribution in [0.3, 0.4) is 0 Å². The zero-order valence-corrected chi connectivity index (χ0v) is 33.5. The Balaban J connectivity index is 3.78. The van der Waals surface area contributed by atoms with E-state index in [0.717, 1.165) is 44.9 Å². The van der Waals surface area contributed by atoms with Crippen molar-refractivity contribution < 1.29 is 20.1 Å². The molecule has 0 aromatic rings. The normalized spacial score (nSPS) is 14.2. The number of carbonyl (C=O) groups excluding carboxylic acids is 1. The van der Waals surface area contributed by atoms with Gasteiger partial charge in [-0.2, -0.15) is 0 Å². The zero-order valence-electron chi connectivity index (χ0n) is 33.5. The quantitative estimate of drug-likeness (QED) is 0.0291. The molecule has 0 bridgehead atoms. The van der Waals surface area contributed by atoms with Gasteiger partial charge in [-0.05, 0) is 70.6 Å². The predicted molar refractivity (Wildman–Crippen MR) is 222 cm³/mol. The van der Waals surface area contributed by atoms with Gasteiger partial charge in [-0.3, -0.25) is 4.79 Å². The number of amides is 1. The van der Waals surface area contributed by atoms with E-state index < -0.39 is 18.2 Å².